The van der Waals surface area contributed by atoms with E-state index >= 15 is 0 Å². The molecule has 1 aliphatic carbocycles. The van der Waals surface area contributed by atoms with Gasteiger partial charge in [0.25, 0.3) is 11.5 Å². The normalized spacial score (nSPS) is 16.3. The molecule has 1 aliphatic rings. The van der Waals surface area contributed by atoms with Gasteiger partial charge in [-0.05, 0) is 36.1 Å². The first kappa shape index (κ1) is 14.6. The molecular formula is C14H13BrN4O3. The van der Waals surface area contributed by atoms with Crippen LogP contribution in [0.5, 0.6) is 0 Å². The number of H-pyrrole nitrogens is 2. The molecule has 0 saturated carbocycles. The lowest BCUT2D eigenvalue weighted by Crippen LogP contribution is -2.34. The molecule has 7 nitrogen and oxygen atoms in total. The zero-order valence-electron chi connectivity index (χ0n) is 11.4. The number of hydrogen-bond acceptors (Lipinski definition) is 4. The molecule has 1 aromatic carbocycles. The Hall–Kier alpha value is -2.35. The first-order valence-corrected chi connectivity index (χ1v) is 7.46. The SMILES string of the molecule is Nc1c(C(=O)N[C@@H]2CCc3cc(Br)ccc32)[nH]c(=O)[nH]c1=O. The number of carbonyl (C=O) groups excluding carboxylic acids is 1. The Labute approximate surface area is 133 Å². The lowest BCUT2D eigenvalue weighted by molar-refractivity contribution is 0.0932. The van der Waals surface area contributed by atoms with Crippen molar-refractivity contribution in [3.05, 3.63) is 60.3 Å². The predicted octanol–water partition coefficient (Wildman–Crippen LogP) is 0.825. The summed E-state index contributed by atoms with van der Waals surface area (Å²) in [6, 6.07) is 5.71. The minimum Gasteiger partial charge on any atom is -0.392 e. The van der Waals surface area contributed by atoms with Crippen molar-refractivity contribution in [2.75, 3.05) is 5.73 Å². The predicted molar refractivity (Wildman–Crippen MR) is 84.8 cm³/mol. The van der Waals surface area contributed by atoms with Crippen molar-refractivity contribution in [1.29, 1.82) is 0 Å². The van der Waals surface area contributed by atoms with Crippen molar-refractivity contribution in [3.8, 4) is 0 Å². The molecule has 0 spiro atoms. The van der Waals surface area contributed by atoms with Crippen LogP contribution in [-0.4, -0.2) is 15.9 Å². The summed E-state index contributed by atoms with van der Waals surface area (Å²) in [7, 11) is 0. The number of nitrogens with two attached hydrogens (primary N) is 1. The quantitative estimate of drug-likeness (QED) is 0.630. The Morgan fingerprint density at radius 3 is 2.86 bits per heavy atom. The lowest BCUT2D eigenvalue weighted by Gasteiger charge is -2.14. The number of fused-ring (bicyclic) bond motifs is 1. The van der Waals surface area contributed by atoms with E-state index in [1.165, 1.54) is 0 Å². The molecule has 114 valence electrons. The van der Waals surface area contributed by atoms with Crippen LogP contribution in [0.4, 0.5) is 5.69 Å². The fraction of sp³-hybridized carbons (Fsp3) is 0.214. The maximum absolute atomic E-state index is 12.3. The average Bonchev–Trinajstić information content (AvgIpc) is 2.84. The number of amides is 1. The van der Waals surface area contributed by atoms with Gasteiger partial charge in [0.15, 0.2) is 0 Å². The first-order valence-electron chi connectivity index (χ1n) is 6.67. The van der Waals surface area contributed by atoms with Crippen LogP contribution in [0, 0.1) is 0 Å². The van der Waals surface area contributed by atoms with Crippen molar-refractivity contribution in [2.24, 2.45) is 0 Å². The molecule has 0 fully saturated rings. The van der Waals surface area contributed by atoms with Gasteiger partial charge in [0.05, 0.1) is 6.04 Å². The molecule has 3 rings (SSSR count). The second-order valence-corrected chi connectivity index (χ2v) is 6.02. The highest BCUT2D eigenvalue weighted by Gasteiger charge is 2.25. The van der Waals surface area contributed by atoms with Crippen LogP contribution < -0.4 is 22.3 Å². The number of rotatable bonds is 2. The highest BCUT2D eigenvalue weighted by molar-refractivity contribution is 9.10. The molecule has 2 aromatic rings. The van der Waals surface area contributed by atoms with Crippen LogP contribution in [-0.2, 0) is 6.42 Å². The fourth-order valence-corrected chi connectivity index (χ4v) is 3.05. The second kappa shape index (κ2) is 5.45. The van der Waals surface area contributed by atoms with Gasteiger partial charge in [0.2, 0.25) is 0 Å². The van der Waals surface area contributed by atoms with E-state index in [9.17, 15) is 14.4 Å². The van der Waals surface area contributed by atoms with Crippen molar-refractivity contribution in [3.63, 3.8) is 0 Å². The largest absolute Gasteiger partial charge is 0.392 e. The fourth-order valence-electron chi connectivity index (χ4n) is 2.64. The van der Waals surface area contributed by atoms with E-state index in [-0.39, 0.29) is 17.4 Å². The summed E-state index contributed by atoms with van der Waals surface area (Å²) < 4.78 is 0.987. The Balaban J connectivity index is 1.88. The molecule has 22 heavy (non-hydrogen) atoms. The number of benzene rings is 1. The molecule has 1 atom stereocenters. The molecule has 5 N–H and O–H groups in total. The average molecular weight is 365 g/mol. The summed E-state index contributed by atoms with van der Waals surface area (Å²) in [6.07, 6.45) is 1.60. The molecule has 0 saturated heterocycles. The van der Waals surface area contributed by atoms with Gasteiger partial charge >= 0.3 is 5.69 Å². The zero-order chi connectivity index (χ0) is 15.9. The van der Waals surface area contributed by atoms with Crippen molar-refractivity contribution in [1.82, 2.24) is 15.3 Å². The maximum atomic E-state index is 12.3. The summed E-state index contributed by atoms with van der Waals surface area (Å²) in [5, 5.41) is 2.81. The third-order valence-electron chi connectivity index (χ3n) is 3.69. The number of aromatic amines is 2. The third-order valence-corrected chi connectivity index (χ3v) is 4.19. The van der Waals surface area contributed by atoms with Crippen LogP contribution >= 0.6 is 15.9 Å². The van der Waals surface area contributed by atoms with Gasteiger partial charge in [0.1, 0.15) is 11.4 Å². The van der Waals surface area contributed by atoms with Gasteiger partial charge in [-0.3, -0.25) is 14.6 Å². The molecule has 8 heteroatoms. The number of aryl methyl sites for hydroxylation is 1. The topological polar surface area (TPSA) is 121 Å². The minimum atomic E-state index is -0.773. The Bertz CT molecular complexity index is 871. The lowest BCUT2D eigenvalue weighted by atomic mass is 10.1. The van der Waals surface area contributed by atoms with Gasteiger partial charge in [-0.25, -0.2) is 4.79 Å². The molecular weight excluding hydrogens is 352 g/mol. The highest BCUT2D eigenvalue weighted by Crippen LogP contribution is 2.33. The van der Waals surface area contributed by atoms with Gasteiger partial charge < -0.3 is 16.0 Å². The number of nitrogen functional groups attached to an aromatic ring is 1. The minimum absolute atomic E-state index is 0.169. The van der Waals surface area contributed by atoms with E-state index in [2.05, 4.69) is 26.2 Å². The number of hydrogen-bond donors (Lipinski definition) is 4. The second-order valence-electron chi connectivity index (χ2n) is 5.10. The summed E-state index contributed by atoms with van der Waals surface area (Å²) in [5.74, 6) is -0.568. The van der Waals surface area contributed by atoms with Crippen LogP contribution in [0.2, 0.25) is 0 Å². The van der Waals surface area contributed by atoms with Gasteiger partial charge in [-0.15, -0.1) is 0 Å². The third kappa shape index (κ3) is 2.57. The summed E-state index contributed by atoms with van der Waals surface area (Å²) in [5.41, 5.74) is 5.70. The monoisotopic (exact) mass is 364 g/mol. The molecule has 0 unspecified atom stereocenters. The van der Waals surface area contributed by atoms with Crippen LogP contribution in [0.25, 0.3) is 0 Å². The van der Waals surface area contributed by atoms with E-state index in [0.717, 1.165) is 28.4 Å². The van der Waals surface area contributed by atoms with E-state index in [1.54, 1.807) is 0 Å². The van der Waals surface area contributed by atoms with Crippen LogP contribution in [0.1, 0.15) is 34.1 Å². The molecule has 0 radical (unpaired) electrons. The number of nitrogens with one attached hydrogen (secondary N) is 3. The highest BCUT2D eigenvalue weighted by atomic mass is 79.9. The Morgan fingerprint density at radius 2 is 2.09 bits per heavy atom. The summed E-state index contributed by atoms with van der Waals surface area (Å²) >= 11 is 3.42. The molecule has 0 aliphatic heterocycles. The Kier molecular flexibility index (Phi) is 3.61. The van der Waals surface area contributed by atoms with Gasteiger partial charge in [-0.1, -0.05) is 22.0 Å². The number of anilines is 1. The van der Waals surface area contributed by atoms with E-state index in [0.29, 0.717) is 0 Å². The Morgan fingerprint density at radius 1 is 1.32 bits per heavy atom. The van der Waals surface area contributed by atoms with Crippen LogP contribution in [0.3, 0.4) is 0 Å². The van der Waals surface area contributed by atoms with E-state index < -0.39 is 17.2 Å². The summed E-state index contributed by atoms with van der Waals surface area (Å²) in [4.78, 5) is 39.3. The smallest absolute Gasteiger partial charge is 0.326 e. The van der Waals surface area contributed by atoms with Gasteiger partial charge in [-0.2, -0.15) is 0 Å². The molecule has 1 heterocycles. The molecule has 1 aromatic heterocycles. The number of aromatic nitrogens is 2. The number of halogens is 1. The van der Waals surface area contributed by atoms with E-state index in [1.807, 2.05) is 23.2 Å². The van der Waals surface area contributed by atoms with Gasteiger partial charge in [0, 0.05) is 4.47 Å². The zero-order valence-corrected chi connectivity index (χ0v) is 13.0. The van der Waals surface area contributed by atoms with E-state index in [4.69, 9.17) is 5.73 Å². The standard InChI is InChI=1S/C14H13BrN4O3/c15-7-2-3-8-6(5-7)1-4-9(8)17-13(21)11-10(16)12(20)19-14(22)18-11/h2-3,5,9H,1,4,16H2,(H,17,21)(H2,18,19,20,22)/t9-/m1/s1. The van der Waals surface area contributed by atoms with Crippen molar-refractivity contribution < 1.29 is 4.79 Å². The number of carbonyl (C=O) groups is 1. The van der Waals surface area contributed by atoms with Crippen molar-refractivity contribution in [2.45, 2.75) is 18.9 Å². The molecule has 0 bridgehead atoms. The first-order chi connectivity index (χ1) is 10.5. The maximum Gasteiger partial charge on any atom is 0.326 e. The molecule has 1 amide bonds. The van der Waals surface area contributed by atoms with Crippen LogP contribution in [0.15, 0.2) is 32.3 Å². The van der Waals surface area contributed by atoms with Crippen molar-refractivity contribution >= 4 is 27.5 Å². The summed E-state index contributed by atoms with van der Waals surface area (Å²) in [6.45, 7) is 0.